The molecule has 0 aliphatic heterocycles. The maximum atomic E-state index is 2.49. The van der Waals surface area contributed by atoms with Gasteiger partial charge in [0.05, 0.1) is 11.0 Å². The van der Waals surface area contributed by atoms with Crippen LogP contribution in [0, 0.1) is 0 Å². The first kappa shape index (κ1) is 48.4. The van der Waals surface area contributed by atoms with Crippen molar-refractivity contribution in [1.82, 2.24) is 4.57 Å². The SMILES string of the molecule is CC1(C)c2ccc(-c3c(-c4cccc5ccccc45)ccc4ccc(-c5cccc6ccccc56)cc34)cc2-c2ccc(N(c3ccc(-c4ccccc4)cc3)c3ccc(-c4ccc5c(c4)c4ccccc4n5-c4ccccc4)cc3)cc21. The Hall–Kier alpha value is -10.5. The van der Waals surface area contributed by atoms with Crippen molar-refractivity contribution in [3.63, 3.8) is 0 Å². The second kappa shape index (κ2) is 19.3. The van der Waals surface area contributed by atoms with Crippen LogP contribution in [0.25, 0.3) is 127 Å². The van der Waals surface area contributed by atoms with Gasteiger partial charge < -0.3 is 9.47 Å². The molecule has 14 aromatic carbocycles. The summed E-state index contributed by atoms with van der Waals surface area (Å²) in [5.74, 6) is 0. The van der Waals surface area contributed by atoms with Crippen molar-refractivity contribution in [3.05, 3.63) is 314 Å². The van der Waals surface area contributed by atoms with E-state index in [0.717, 1.165) is 22.7 Å². The van der Waals surface area contributed by atoms with Gasteiger partial charge in [0, 0.05) is 38.9 Å². The zero-order valence-corrected chi connectivity index (χ0v) is 46.3. The third kappa shape index (κ3) is 8.01. The number of hydrogen-bond acceptors (Lipinski definition) is 1. The molecule has 0 fully saturated rings. The van der Waals surface area contributed by atoms with E-state index in [1.807, 2.05) is 0 Å². The molecular formula is C81H56N2. The van der Waals surface area contributed by atoms with Crippen molar-refractivity contribution in [2.75, 3.05) is 4.90 Å². The van der Waals surface area contributed by atoms with Crippen molar-refractivity contribution in [1.29, 1.82) is 0 Å². The first-order valence-corrected chi connectivity index (χ1v) is 28.9. The summed E-state index contributed by atoms with van der Waals surface area (Å²) in [5, 5.41) is 9.94. The Kier molecular flexibility index (Phi) is 11.3. The minimum atomic E-state index is -0.271. The summed E-state index contributed by atoms with van der Waals surface area (Å²) in [7, 11) is 0. The molecule has 1 aliphatic carbocycles. The van der Waals surface area contributed by atoms with Crippen LogP contribution in [0.3, 0.4) is 0 Å². The van der Waals surface area contributed by atoms with Gasteiger partial charge in [-0.1, -0.05) is 238 Å². The number of anilines is 3. The van der Waals surface area contributed by atoms with Gasteiger partial charge in [-0.25, -0.2) is 0 Å². The maximum absolute atomic E-state index is 2.49. The Morgan fingerprint density at radius 1 is 0.265 bits per heavy atom. The quantitative estimate of drug-likeness (QED) is 0.140. The van der Waals surface area contributed by atoms with Gasteiger partial charge >= 0.3 is 0 Å². The number of benzene rings is 14. The second-order valence-electron chi connectivity index (χ2n) is 22.8. The highest BCUT2D eigenvalue weighted by atomic mass is 15.1. The topological polar surface area (TPSA) is 8.17 Å². The van der Waals surface area contributed by atoms with Crippen molar-refractivity contribution in [2.24, 2.45) is 0 Å². The summed E-state index contributed by atoms with van der Waals surface area (Å²) in [4.78, 5) is 2.43. The van der Waals surface area contributed by atoms with Gasteiger partial charge in [0.25, 0.3) is 0 Å². The smallest absolute Gasteiger partial charge is 0.0541 e. The number of hydrogen-bond donors (Lipinski definition) is 0. The summed E-state index contributed by atoms with van der Waals surface area (Å²) < 4.78 is 2.38. The van der Waals surface area contributed by atoms with Crippen molar-refractivity contribution in [2.45, 2.75) is 19.3 Å². The average Bonchev–Trinajstić information content (AvgIpc) is 2.99. The zero-order chi connectivity index (χ0) is 55.2. The molecule has 0 saturated heterocycles. The normalized spacial score (nSPS) is 12.6. The highest BCUT2D eigenvalue weighted by molar-refractivity contribution is 6.12. The van der Waals surface area contributed by atoms with Gasteiger partial charge in [-0.05, 0) is 189 Å². The van der Waals surface area contributed by atoms with Gasteiger partial charge in [-0.15, -0.1) is 0 Å². The lowest BCUT2D eigenvalue weighted by Gasteiger charge is -2.28. The minimum Gasteiger partial charge on any atom is -0.310 e. The lowest BCUT2D eigenvalue weighted by atomic mass is 9.81. The van der Waals surface area contributed by atoms with Crippen molar-refractivity contribution in [3.8, 4) is 72.4 Å². The third-order valence-corrected chi connectivity index (χ3v) is 17.8. The molecule has 0 saturated carbocycles. The third-order valence-electron chi connectivity index (χ3n) is 17.8. The molecule has 1 aliphatic rings. The molecule has 0 unspecified atom stereocenters. The Labute approximate surface area is 484 Å². The van der Waals surface area contributed by atoms with E-state index in [2.05, 4.69) is 327 Å². The van der Waals surface area contributed by atoms with Crippen LogP contribution in [-0.2, 0) is 5.41 Å². The van der Waals surface area contributed by atoms with E-state index in [0.29, 0.717) is 0 Å². The summed E-state index contributed by atoms with van der Waals surface area (Å²) in [6.45, 7) is 4.80. The Morgan fingerprint density at radius 3 is 1.51 bits per heavy atom. The number of aromatic nitrogens is 1. The van der Waals surface area contributed by atoms with Crippen LogP contribution in [-0.4, -0.2) is 4.57 Å². The van der Waals surface area contributed by atoms with Crippen LogP contribution in [0.4, 0.5) is 17.1 Å². The van der Waals surface area contributed by atoms with Crippen LogP contribution in [0.5, 0.6) is 0 Å². The monoisotopic (exact) mass is 1060 g/mol. The van der Waals surface area contributed by atoms with Crippen LogP contribution >= 0.6 is 0 Å². The van der Waals surface area contributed by atoms with Gasteiger partial charge in [-0.3, -0.25) is 0 Å². The molecular weight excluding hydrogens is 1000 g/mol. The Morgan fingerprint density at radius 2 is 0.771 bits per heavy atom. The lowest BCUT2D eigenvalue weighted by Crippen LogP contribution is -2.16. The van der Waals surface area contributed by atoms with Crippen LogP contribution in [0.2, 0.25) is 0 Å². The van der Waals surface area contributed by atoms with E-state index in [-0.39, 0.29) is 5.41 Å². The number of rotatable bonds is 9. The summed E-state index contributed by atoms with van der Waals surface area (Å²) >= 11 is 0. The van der Waals surface area contributed by atoms with E-state index < -0.39 is 0 Å². The molecule has 390 valence electrons. The molecule has 0 atom stereocenters. The Balaban J connectivity index is 0.824. The fourth-order valence-corrected chi connectivity index (χ4v) is 13.7. The fraction of sp³-hybridized carbons (Fsp3) is 0.0370. The van der Waals surface area contributed by atoms with Gasteiger partial charge in [0.15, 0.2) is 0 Å². The molecule has 16 rings (SSSR count). The highest BCUT2D eigenvalue weighted by Gasteiger charge is 2.37. The molecule has 83 heavy (non-hydrogen) atoms. The number of nitrogens with zero attached hydrogens (tertiary/aromatic N) is 2. The van der Waals surface area contributed by atoms with E-state index in [9.17, 15) is 0 Å². The van der Waals surface area contributed by atoms with Crippen molar-refractivity contribution >= 4 is 71.2 Å². The summed E-state index contributed by atoms with van der Waals surface area (Å²) in [5.41, 5.74) is 24.0. The molecule has 0 amide bonds. The van der Waals surface area contributed by atoms with Gasteiger partial charge in [0.1, 0.15) is 0 Å². The van der Waals surface area contributed by atoms with Crippen LogP contribution in [0.1, 0.15) is 25.0 Å². The van der Waals surface area contributed by atoms with Crippen LogP contribution in [0.15, 0.2) is 303 Å². The molecule has 2 heteroatoms. The summed E-state index contributed by atoms with van der Waals surface area (Å²) in [6.07, 6.45) is 0. The Bertz CT molecular complexity index is 5010. The molecule has 0 radical (unpaired) electrons. The minimum absolute atomic E-state index is 0.271. The van der Waals surface area contributed by atoms with Crippen molar-refractivity contribution < 1.29 is 0 Å². The van der Waals surface area contributed by atoms with E-state index >= 15 is 0 Å². The maximum Gasteiger partial charge on any atom is 0.0541 e. The van der Waals surface area contributed by atoms with Gasteiger partial charge in [-0.2, -0.15) is 0 Å². The van der Waals surface area contributed by atoms with E-state index in [1.165, 1.54) is 132 Å². The largest absolute Gasteiger partial charge is 0.310 e. The highest BCUT2D eigenvalue weighted by Crippen LogP contribution is 2.53. The molecule has 0 spiro atoms. The number of fused-ring (bicyclic) bond motifs is 9. The predicted octanol–water partition coefficient (Wildman–Crippen LogP) is 22.4. The second-order valence-corrected chi connectivity index (χ2v) is 22.8. The predicted molar refractivity (Wildman–Crippen MR) is 353 cm³/mol. The molecule has 15 aromatic rings. The van der Waals surface area contributed by atoms with E-state index in [1.54, 1.807) is 0 Å². The molecule has 0 N–H and O–H groups in total. The first-order valence-electron chi connectivity index (χ1n) is 28.9. The molecule has 1 heterocycles. The average molecular weight is 1060 g/mol. The van der Waals surface area contributed by atoms with Crippen LogP contribution < -0.4 is 4.90 Å². The molecule has 1 aromatic heterocycles. The fourth-order valence-electron chi connectivity index (χ4n) is 13.7. The van der Waals surface area contributed by atoms with E-state index in [4.69, 9.17) is 0 Å². The molecule has 0 bridgehead atoms. The number of para-hydroxylation sites is 2. The first-order chi connectivity index (χ1) is 40.9. The lowest BCUT2D eigenvalue weighted by molar-refractivity contribution is 0.660. The zero-order valence-electron chi connectivity index (χ0n) is 46.3. The summed E-state index contributed by atoms with van der Waals surface area (Å²) in [6, 6.07) is 112. The molecule has 2 nitrogen and oxygen atoms in total. The van der Waals surface area contributed by atoms with Gasteiger partial charge in [0.2, 0.25) is 0 Å². The standard InChI is InChI=1S/C81H56N2/c1-81(2)76-47-38-61(80-72(69-29-16-22-57-20-10-12-26-67(57)69)45-37-58-31-32-60(50-73(58)80)68-28-15-21-56-19-9-11-25-66(56)68)51-74(76)70-46-44-65(52-77(70)81)82(63-40-33-54(34-41-63)53-17-5-3-6-18-53)64-42-35-55(36-43-64)59-39-48-79-75(49-59)71-27-13-14-30-78(71)83(79)62-23-7-4-8-24-62/h3-52H,1-2H3.